The highest BCUT2D eigenvalue weighted by molar-refractivity contribution is 5.53. The van der Waals surface area contributed by atoms with Gasteiger partial charge in [0.05, 0.1) is 5.56 Å². The minimum absolute atomic E-state index is 0.243. The minimum atomic E-state index is -0.346. The second-order valence-corrected chi connectivity index (χ2v) is 4.40. The lowest BCUT2D eigenvalue weighted by atomic mass is 10.2. The van der Waals surface area contributed by atoms with E-state index in [1.807, 2.05) is 14.1 Å². The first-order valence-corrected chi connectivity index (χ1v) is 5.89. The van der Waals surface area contributed by atoms with Gasteiger partial charge in [0.2, 0.25) is 0 Å². The van der Waals surface area contributed by atoms with E-state index >= 15 is 0 Å². The molecule has 4 nitrogen and oxygen atoms in total. The van der Waals surface area contributed by atoms with Gasteiger partial charge in [-0.25, -0.2) is 4.39 Å². The van der Waals surface area contributed by atoms with E-state index in [0.717, 1.165) is 19.4 Å². The van der Waals surface area contributed by atoms with Crippen molar-refractivity contribution in [1.82, 2.24) is 15.0 Å². The molecule has 0 bridgehead atoms. The average Bonchev–Trinajstić information content (AvgIpc) is 2.78. The third-order valence-corrected chi connectivity index (χ3v) is 2.58. The predicted octanol–water partition coefficient (Wildman–Crippen LogP) is 2.37. The molecule has 0 N–H and O–H groups in total. The van der Waals surface area contributed by atoms with Crippen LogP contribution in [0.4, 0.5) is 4.39 Å². The summed E-state index contributed by atoms with van der Waals surface area (Å²) in [6.45, 7) is 0.962. The molecule has 0 aliphatic rings. The first-order chi connectivity index (χ1) is 8.66. The van der Waals surface area contributed by atoms with Crippen LogP contribution in [0.3, 0.4) is 0 Å². The highest BCUT2D eigenvalue weighted by Gasteiger charge is 2.12. The summed E-state index contributed by atoms with van der Waals surface area (Å²) in [6.07, 6.45) is 1.68. The van der Waals surface area contributed by atoms with Gasteiger partial charge < -0.3 is 9.42 Å². The number of hydrogen-bond acceptors (Lipinski definition) is 4. The smallest absolute Gasteiger partial charge is 0.260 e. The molecule has 0 atom stereocenters. The van der Waals surface area contributed by atoms with Crippen LogP contribution in [0, 0.1) is 5.82 Å². The zero-order chi connectivity index (χ0) is 13.0. The first-order valence-electron chi connectivity index (χ1n) is 5.89. The molecule has 0 spiro atoms. The summed E-state index contributed by atoms with van der Waals surface area (Å²) in [5, 5.41) is 3.86. The normalized spacial score (nSPS) is 11.1. The van der Waals surface area contributed by atoms with Gasteiger partial charge in [-0.05, 0) is 39.2 Å². The number of rotatable bonds is 5. The third-order valence-electron chi connectivity index (χ3n) is 2.58. The van der Waals surface area contributed by atoms with Crippen molar-refractivity contribution in [3.05, 3.63) is 35.9 Å². The van der Waals surface area contributed by atoms with Crippen molar-refractivity contribution >= 4 is 0 Å². The van der Waals surface area contributed by atoms with Crippen molar-refractivity contribution in [2.45, 2.75) is 12.8 Å². The van der Waals surface area contributed by atoms with Gasteiger partial charge in [0, 0.05) is 6.42 Å². The van der Waals surface area contributed by atoms with Gasteiger partial charge in [-0.2, -0.15) is 4.98 Å². The van der Waals surface area contributed by atoms with Crippen LogP contribution in [0.5, 0.6) is 0 Å². The molecular formula is C13H16FN3O. The van der Waals surface area contributed by atoms with E-state index in [0.29, 0.717) is 11.4 Å². The molecule has 0 saturated heterocycles. The van der Waals surface area contributed by atoms with Crippen molar-refractivity contribution in [1.29, 1.82) is 0 Å². The fourth-order valence-electron chi connectivity index (χ4n) is 1.65. The molecule has 0 saturated carbocycles. The Kier molecular flexibility index (Phi) is 4.04. The van der Waals surface area contributed by atoms with E-state index in [9.17, 15) is 4.39 Å². The summed E-state index contributed by atoms with van der Waals surface area (Å²) in [5.74, 6) is 0.518. The standard InChI is InChI=1S/C13H16FN3O/c1-17(2)9-5-8-12-15-13(18-16-12)10-6-3-4-7-11(10)14/h3-4,6-7H,5,8-9H2,1-2H3. The van der Waals surface area contributed by atoms with Gasteiger partial charge in [0.1, 0.15) is 5.82 Å². The van der Waals surface area contributed by atoms with Gasteiger partial charge in [0.25, 0.3) is 5.89 Å². The summed E-state index contributed by atoms with van der Waals surface area (Å²) in [5.41, 5.74) is 0.351. The quantitative estimate of drug-likeness (QED) is 0.815. The number of benzene rings is 1. The Morgan fingerprint density at radius 1 is 1.28 bits per heavy atom. The minimum Gasteiger partial charge on any atom is -0.334 e. The molecule has 1 heterocycles. The van der Waals surface area contributed by atoms with Crippen molar-refractivity contribution in [3.8, 4) is 11.5 Å². The predicted molar refractivity (Wildman–Crippen MR) is 66.6 cm³/mol. The molecule has 0 fully saturated rings. The average molecular weight is 249 g/mol. The number of halogens is 1. The maximum absolute atomic E-state index is 13.5. The maximum Gasteiger partial charge on any atom is 0.260 e. The van der Waals surface area contributed by atoms with E-state index < -0.39 is 0 Å². The highest BCUT2D eigenvalue weighted by Crippen LogP contribution is 2.20. The number of aryl methyl sites for hydroxylation is 1. The lowest BCUT2D eigenvalue weighted by Crippen LogP contribution is -2.13. The van der Waals surface area contributed by atoms with Gasteiger partial charge >= 0.3 is 0 Å². The molecule has 0 radical (unpaired) electrons. The summed E-state index contributed by atoms with van der Waals surface area (Å²) in [6, 6.07) is 6.39. The molecule has 2 rings (SSSR count). The van der Waals surface area contributed by atoms with Crippen LogP contribution in [0.1, 0.15) is 12.2 Å². The summed E-state index contributed by atoms with van der Waals surface area (Å²) >= 11 is 0. The number of nitrogens with zero attached hydrogens (tertiary/aromatic N) is 3. The van der Waals surface area contributed by atoms with E-state index in [4.69, 9.17) is 4.52 Å². The van der Waals surface area contributed by atoms with E-state index in [1.54, 1.807) is 18.2 Å². The molecule has 0 aliphatic heterocycles. The van der Waals surface area contributed by atoms with Crippen LogP contribution in [0.2, 0.25) is 0 Å². The zero-order valence-corrected chi connectivity index (χ0v) is 10.6. The molecular weight excluding hydrogens is 233 g/mol. The van der Waals surface area contributed by atoms with Crippen LogP contribution in [-0.4, -0.2) is 35.7 Å². The van der Waals surface area contributed by atoms with Crippen LogP contribution in [-0.2, 0) is 6.42 Å². The van der Waals surface area contributed by atoms with Crippen LogP contribution >= 0.6 is 0 Å². The SMILES string of the molecule is CN(C)CCCc1noc(-c2ccccc2F)n1. The monoisotopic (exact) mass is 249 g/mol. The largest absolute Gasteiger partial charge is 0.334 e. The molecule has 1 aromatic heterocycles. The lowest BCUT2D eigenvalue weighted by Gasteiger charge is -2.06. The van der Waals surface area contributed by atoms with Crippen molar-refractivity contribution in [3.63, 3.8) is 0 Å². The third kappa shape index (κ3) is 3.13. The van der Waals surface area contributed by atoms with Crippen molar-refractivity contribution < 1.29 is 8.91 Å². The van der Waals surface area contributed by atoms with Gasteiger partial charge in [0.15, 0.2) is 5.82 Å². The van der Waals surface area contributed by atoms with E-state index in [1.165, 1.54) is 6.07 Å². The molecule has 96 valence electrons. The Morgan fingerprint density at radius 2 is 2.06 bits per heavy atom. The number of hydrogen-bond donors (Lipinski definition) is 0. The molecule has 18 heavy (non-hydrogen) atoms. The molecule has 1 aromatic carbocycles. The van der Waals surface area contributed by atoms with Crippen molar-refractivity contribution in [2.24, 2.45) is 0 Å². The van der Waals surface area contributed by atoms with Crippen LogP contribution in [0.25, 0.3) is 11.5 Å². The Bertz CT molecular complexity index is 510. The Balaban J connectivity index is 2.04. The first kappa shape index (κ1) is 12.7. The second kappa shape index (κ2) is 5.73. The zero-order valence-electron chi connectivity index (χ0n) is 10.6. The Morgan fingerprint density at radius 3 is 2.78 bits per heavy atom. The fourth-order valence-corrected chi connectivity index (χ4v) is 1.65. The van der Waals surface area contributed by atoms with Crippen LogP contribution < -0.4 is 0 Å². The molecule has 0 aliphatic carbocycles. The summed E-state index contributed by atoms with van der Waals surface area (Å²) in [7, 11) is 4.03. The lowest BCUT2D eigenvalue weighted by molar-refractivity contribution is 0.390. The molecule has 5 heteroatoms. The summed E-state index contributed by atoms with van der Waals surface area (Å²) in [4.78, 5) is 6.30. The molecule has 2 aromatic rings. The number of aromatic nitrogens is 2. The second-order valence-electron chi connectivity index (χ2n) is 4.40. The topological polar surface area (TPSA) is 42.2 Å². The Labute approximate surface area is 105 Å². The highest BCUT2D eigenvalue weighted by atomic mass is 19.1. The van der Waals surface area contributed by atoms with Crippen LogP contribution in [0.15, 0.2) is 28.8 Å². The van der Waals surface area contributed by atoms with Gasteiger partial charge in [-0.3, -0.25) is 0 Å². The fraction of sp³-hybridized carbons (Fsp3) is 0.385. The maximum atomic E-state index is 13.5. The van der Waals surface area contributed by atoms with Crippen molar-refractivity contribution in [2.75, 3.05) is 20.6 Å². The summed E-state index contributed by atoms with van der Waals surface area (Å²) < 4.78 is 18.6. The van der Waals surface area contributed by atoms with E-state index in [-0.39, 0.29) is 11.7 Å². The molecule has 0 amide bonds. The Hall–Kier alpha value is -1.75. The van der Waals surface area contributed by atoms with Gasteiger partial charge in [-0.1, -0.05) is 17.3 Å². The van der Waals surface area contributed by atoms with E-state index in [2.05, 4.69) is 15.0 Å². The molecule has 0 unspecified atom stereocenters. The van der Waals surface area contributed by atoms with Gasteiger partial charge in [-0.15, -0.1) is 0 Å².